The molecule has 1 saturated carbocycles. The first-order valence-electron chi connectivity index (χ1n) is 14.3. The van der Waals surface area contributed by atoms with Gasteiger partial charge in [0, 0.05) is 48.3 Å². The molecule has 1 aliphatic heterocycles. The fourth-order valence-electron chi connectivity index (χ4n) is 6.11. The van der Waals surface area contributed by atoms with Crippen molar-refractivity contribution in [2.45, 2.75) is 51.7 Å². The summed E-state index contributed by atoms with van der Waals surface area (Å²) in [6.07, 6.45) is 6.09. The highest BCUT2D eigenvalue weighted by Crippen LogP contribution is 2.39. The Labute approximate surface area is 243 Å². The van der Waals surface area contributed by atoms with E-state index in [4.69, 9.17) is 15.5 Å². The van der Waals surface area contributed by atoms with E-state index in [2.05, 4.69) is 20.2 Å². The largest absolute Gasteiger partial charge is 0.481 e. The Hall–Kier alpha value is -4.35. The lowest BCUT2D eigenvalue weighted by molar-refractivity contribution is -0.151. The number of nitrogens with zero attached hydrogens (tertiary/aromatic N) is 5. The zero-order chi connectivity index (χ0) is 29.4. The predicted octanol–water partition coefficient (Wildman–Crippen LogP) is 4.34. The van der Waals surface area contributed by atoms with Gasteiger partial charge in [0.15, 0.2) is 0 Å². The van der Waals surface area contributed by atoms with Crippen LogP contribution in [0.3, 0.4) is 0 Å². The van der Waals surface area contributed by atoms with Crippen LogP contribution in [-0.4, -0.2) is 67.0 Å². The van der Waals surface area contributed by atoms with Gasteiger partial charge in [-0.1, -0.05) is 18.2 Å². The summed E-state index contributed by atoms with van der Waals surface area (Å²) in [5, 5.41) is 12.5. The summed E-state index contributed by atoms with van der Waals surface area (Å²) >= 11 is 0. The first-order valence-corrected chi connectivity index (χ1v) is 14.3. The summed E-state index contributed by atoms with van der Waals surface area (Å²) in [5.41, 5.74) is 9.33. The van der Waals surface area contributed by atoms with E-state index in [9.17, 15) is 14.7 Å². The van der Waals surface area contributed by atoms with Gasteiger partial charge in [-0.3, -0.25) is 18.9 Å². The number of ether oxygens (including phenoxy) is 1. The van der Waals surface area contributed by atoms with Gasteiger partial charge in [-0.2, -0.15) is 0 Å². The van der Waals surface area contributed by atoms with Gasteiger partial charge < -0.3 is 20.9 Å². The van der Waals surface area contributed by atoms with Crippen LogP contribution in [-0.2, 0) is 9.53 Å². The number of hydrogen-bond acceptors (Lipinski definition) is 8. The number of nitrogen functional groups attached to an aromatic ring is 1. The number of aliphatic carboxylic acids is 1. The molecule has 1 atom stereocenters. The number of aryl methyl sites for hydroxylation is 1. The summed E-state index contributed by atoms with van der Waals surface area (Å²) in [6, 6.07) is 12.9. The minimum Gasteiger partial charge on any atom is -0.481 e. The molecule has 0 radical (unpaired) electrons. The Morgan fingerprint density at radius 2 is 1.88 bits per heavy atom. The van der Waals surface area contributed by atoms with E-state index >= 15 is 0 Å². The Morgan fingerprint density at radius 1 is 1.12 bits per heavy atom. The number of amides is 1. The first kappa shape index (κ1) is 27.8. The molecule has 0 bridgehead atoms. The Balaban J connectivity index is 1.27. The summed E-state index contributed by atoms with van der Waals surface area (Å²) in [5.74, 6) is 0.630. The van der Waals surface area contributed by atoms with Crippen molar-refractivity contribution in [3.8, 4) is 11.3 Å². The van der Waals surface area contributed by atoms with Gasteiger partial charge in [-0.25, -0.2) is 15.0 Å². The monoisotopic (exact) mass is 569 g/mol. The number of benzene rings is 1. The second kappa shape index (κ2) is 11.1. The van der Waals surface area contributed by atoms with E-state index in [1.54, 1.807) is 36.7 Å². The molecule has 218 valence electrons. The number of imidazole rings is 1. The zero-order valence-corrected chi connectivity index (χ0v) is 23.8. The zero-order valence-electron chi connectivity index (χ0n) is 23.8. The molecule has 1 aromatic carbocycles. The van der Waals surface area contributed by atoms with E-state index in [0.717, 1.165) is 36.5 Å². The number of nitrogens with two attached hydrogens (primary N) is 1. The summed E-state index contributed by atoms with van der Waals surface area (Å²) in [4.78, 5) is 40.6. The fraction of sp³-hybridized carbons (Fsp3) is 0.387. The molecule has 1 amide bonds. The quantitative estimate of drug-likeness (QED) is 0.308. The summed E-state index contributed by atoms with van der Waals surface area (Å²) < 4.78 is 8.31. The molecule has 3 aromatic heterocycles. The number of morpholine rings is 1. The number of pyridine rings is 1. The van der Waals surface area contributed by atoms with Crippen molar-refractivity contribution >= 4 is 29.0 Å². The minimum atomic E-state index is -0.708. The Bertz CT molecular complexity index is 1610. The van der Waals surface area contributed by atoms with Crippen LogP contribution in [0.1, 0.15) is 60.6 Å². The minimum absolute atomic E-state index is 0.255. The molecule has 4 heterocycles. The van der Waals surface area contributed by atoms with Gasteiger partial charge in [0.2, 0.25) is 0 Å². The molecule has 11 heteroatoms. The van der Waals surface area contributed by atoms with E-state index in [0.29, 0.717) is 60.4 Å². The predicted molar refractivity (Wildman–Crippen MR) is 158 cm³/mol. The van der Waals surface area contributed by atoms with Gasteiger partial charge in [-0.15, -0.1) is 0 Å². The van der Waals surface area contributed by atoms with Crippen LogP contribution in [0.15, 0.2) is 54.9 Å². The lowest BCUT2D eigenvalue weighted by Crippen LogP contribution is -2.48. The lowest BCUT2D eigenvalue weighted by Gasteiger charge is -2.42. The van der Waals surface area contributed by atoms with Crippen molar-refractivity contribution in [1.29, 1.82) is 0 Å². The number of carboxylic acids is 1. The van der Waals surface area contributed by atoms with Crippen molar-refractivity contribution in [2.24, 2.45) is 5.41 Å². The van der Waals surface area contributed by atoms with E-state index < -0.39 is 11.4 Å². The number of carbonyl (C=O) groups is 2. The number of carboxylic acid groups (broad SMARTS) is 1. The molecule has 2 aliphatic rings. The number of nitrogens with one attached hydrogen (secondary N) is 1. The average Bonchev–Trinajstić information content (AvgIpc) is 3.42. The van der Waals surface area contributed by atoms with Crippen LogP contribution in [0.25, 0.3) is 16.8 Å². The molecule has 11 nitrogen and oxygen atoms in total. The van der Waals surface area contributed by atoms with Crippen LogP contribution in [0, 0.1) is 12.3 Å². The molecule has 0 spiro atoms. The van der Waals surface area contributed by atoms with Gasteiger partial charge in [0.25, 0.3) is 5.91 Å². The van der Waals surface area contributed by atoms with Crippen LogP contribution in [0.4, 0.5) is 11.6 Å². The second-order valence-electron chi connectivity index (χ2n) is 11.5. The standard InChI is InChI=1S/C31H35N7O4/c1-19-17-34-27(32)26-25(20-6-8-21(9-7-20)29(39)35-24-5-3-4-14-33-24)36-28(38(19)26)23-18-37(15-16-42-23)22-10-12-31(2,13-11-22)30(40)41/h3-9,14,17,22-23H,10-13,15-16,18H2,1-2H3,(H2,32,34)(H,40,41)(H,33,35,39)/t22-,23-,31-/m1/s1. The average molecular weight is 570 g/mol. The molecule has 6 rings (SSSR count). The maximum absolute atomic E-state index is 12.8. The van der Waals surface area contributed by atoms with E-state index in [1.807, 2.05) is 36.4 Å². The van der Waals surface area contributed by atoms with Crippen molar-refractivity contribution in [3.05, 3.63) is 71.9 Å². The maximum Gasteiger partial charge on any atom is 0.309 e. The molecule has 2 fully saturated rings. The fourth-order valence-corrected chi connectivity index (χ4v) is 6.11. The number of aromatic nitrogens is 4. The van der Waals surface area contributed by atoms with Crippen LogP contribution in [0.2, 0.25) is 0 Å². The molecular weight excluding hydrogens is 534 g/mol. The third-order valence-corrected chi connectivity index (χ3v) is 8.69. The highest BCUT2D eigenvalue weighted by molar-refractivity contribution is 6.04. The van der Waals surface area contributed by atoms with Crippen LogP contribution >= 0.6 is 0 Å². The molecule has 0 unspecified atom stereocenters. The first-order chi connectivity index (χ1) is 20.2. The molecular formula is C31H35N7O4. The molecule has 4 aromatic rings. The summed E-state index contributed by atoms with van der Waals surface area (Å²) in [6.45, 7) is 5.83. The van der Waals surface area contributed by atoms with Crippen molar-refractivity contribution < 1.29 is 19.4 Å². The van der Waals surface area contributed by atoms with Crippen molar-refractivity contribution in [3.63, 3.8) is 0 Å². The van der Waals surface area contributed by atoms with Gasteiger partial charge in [-0.05, 0) is 63.8 Å². The molecule has 1 aliphatic carbocycles. The Kier molecular flexibility index (Phi) is 7.38. The topological polar surface area (TPSA) is 148 Å². The van der Waals surface area contributed by atoms with Crippen molar-refractivity contribution in [2.75, 3.05) is 30.7 Å². The number of fused-ring (bicyclic) bond motifs is 1. The molecule has 4 N–H and O–H groups in total. The van der Waals surface area contributed by atoms with Crippen LogP contribution < -0.4 is 11.1 Å². The van der Waals surface area contributed by atoms with Crippen LogP contribution in [0.5, 0.6) is 0 Å². The molecule has 42 heavy (non-hydrogen) atoms. The molecule has 1 saturated heterocycles. The number of hydrogen-bond donors (Lipinski definition) is 3. The van der Waals surface area contributed by atoms with E-state index in [-0.39, 0.29) is 12.0 Å². The van der Waals surface area contributed by atoms with Gasteiger partial charge in [0.1, 0.15) is 34.8 Å². The maximum atomic E-state index is 12.8. The second-order valence-corrected chi connectivity index (χ2v) is 11.5. The van der Waals surface area contributed by atoms with Crippen molar-refractivity contribution in [1.82, 2.24) is 24.3 Å². The number of anilines is 2. The SMILES string of the molecule is Cc1cnc(N)c2c(-c3ccc(C(=O)Nc4ccccn4)cc3)nc([C@H]3CN([C@H]4CC[C@](C)(C(=O)O)CC4)CCO3)n12. The lowest BCUT2D eigenvalue weighted by atomic mass is 9.73. The summed E-state index contributed by atoms with van der Waals surface area (Å²) in [7, 11) is 0. The third kappa shape index (κ3) is 5.21. The smallest absolute Gasteiger partial charge is 0.309 e. The number of carbonyl (C=O) groups excluding carboxylic acids is 1. The van der Waals surface area contributed by atoms with Gasteiger partial charge in [0.05, 0.1) is 12.0 Å². The number of rotatable bonds is 6. The highest BCUT2D eigenvalue weighted by Gasteiger charge is 2.40. The van der Waals surface area contributed by atoms with E-state index in [1.165, 1.54) is 0 Å². The Morgan fingerprint density at radius 3 is 2.57 bits per heavy atom. The highest BCUT2D eigenvalue weighted by atomic mass is 16.5. The third-order valence-electron chi connectivity index (χ3n) is 8.69. The van der Waals surface area contributed by atoms with Gasteiger partial charge >= 0.3 is 5.97 Å². The normalized spacial score (nSPS) is 23.1.